The molecule has 0 bridgehead atoms. The lowest BCUT2D eigenvalue weighted by atomic mass is 9.96. The van der Waals surface area contributed by atoms with Crippen molar-refractivity contribution in [2.24, 2.45) is 0 Å². The molecule has 0 aliphatic heterocycles. The minimum absolute atomic E-state index is 0.151. The van der Waals surface area contributed by atoms with Gasteiger partial charge in [-0.25, -0.2) is 0 Å². The van der Waals surface area contributed by atoms with Crippen molar-refractivity contribution in [1.82, 2.24) is 0 Å². The van der Waals surface area contributed by atoms with Gasteiger partial charge in [0.25, 0.3) is 5.69 Å². The first-order chi connectivity index (χ1) is 11.2. The summed E-state index contributed by atoms with van der Waals surface area (Å²) in [6.45, 7) is 0. The van der Waals surface area contributed by atoms with Crippen molar-refractivity contribution in [2.75, 3.05) is 0 Å². The van der Waals surface area contributed by atoms with Gasteiger partial charge >= 0.3 is 0 Å². The van der Waals surface area contributed by atoms with E-state index in [1.54, 1.807) is 42.5 Å². The number of nitrogens with zero attached hydrogens (tertiary/aromatic N) is 3. The van der Waals surface area contributed by atoms with E-state index in [0.717, 1.165) is 5.57 Å². The topological polar surface area (TPSA) is 90.7 Å². The molecule has 5 nitrogen and oxygen atoms in total. The van der Waals surface area contributed by atoms with E-state index < -0.39 is 4.92 Å². The van der Waals surface area contributed by atoms with E-state index in [4.69, 9.17) is 0 Å². The number of rotatable bonds is 3. The summed E-state index contributed by atoms with van der Waals surface area (Å²) in [6, 6.07) is 9.67. The Balaban J connectivity index is 2.71. The van der Waals surface area contributed by atoms with Crippen LogP contribution in [0.2, 0.25) is 0 Å². The van der Waals surface area contributed by atoms with Gasteiger partial charge in [0.15, 0.2) is 0 Å². The lowest BCUT2D eigenvalue weighted by Crippen LogP contribution is -1.96. The molecule has 0 saturated heterocycles. The zero-order valence-electron chi connectivity index (χ0n) is 12.0. The molecule has 0 N–H and O–H groups in total. The summed E-state index contributed by atoms with van der Waals surface area (Å²) >= 11 is 0. The second-order valence-corrected chi connectivity index (χ2v) is 4.53. The SMILES string of the molecule is N#CC(C#N)=C(C=C1C=CC=CC=C1)c1ccccc1[N+](=O)[O-]. The van der Waals surface area contributed by atoms with E-state index in [-0.39, 0.29) is 22.4 Å². The molecular weight excluding hydrogens is 290 g/mol. The van der Waals surface area contributed by atoms with Gasteiger partial charge in [-0.15, -0.1) is 0 Å². The Morgan fingerprint density at radius 2 is 1.65 bits per heavy atom. The average Bonchev–Trinajstić information content (AvgIpc) is 2.83. The molecule has 110 valence electrons. The molecule has 0 atom stereocenters. The fraction of sp³-hybridized carbons (Fsp3) is 0. The summed E-state index contributed by atoms with van der Waals surface area (Å²) in [6.07, 6.45) is 12.5. The minimum Gasteiger partial charge on any atom is -0.258 e. The maximum atomic E-state index is 11.2. The molecule has 1 aromatic rings. The van der Waals surface area contributed by atoms with Crippen molar-refractivity contribution in [3.05, 3.63) is 93.6 Å². The molecule has 0 amide bonds. The Bertz CT molecular complexity index is 838. The fourth-order valence-corrected chi connectivity index (χ4v) is 2.07. The van der Waals surface area contributed by atoms with Gasteiger partial charge in [0.1, 0.15) is 17.7 Å². The molecule has 0 unspecified atom stereocenters. The van der Waals surface area contributed by atoms with Gasteiger partial charge in [-0.3, -0.25) is 10.1 Å². The third-order valence-electron chi connectivity index (χ3n) is 3.11. The van der Waals surface area contributed by atoms with E-state index in [1.807, 2.05) is 24.3 Å². The first-order valence-corrected chi connectivity index (χ1v) is 6.68. The molecule has 5 heteroatoms. The Labute approximate surface area is 133 Å². The van der Waals surface area contributed by atoms with Gasteiger partial charge in [-0.05, 0) is 17.7 Å². The molecule has 0 radical (unpaired) electrons. The minimum atomic E-state index is -0.527. The molecule has 0 spiro atoms. The molecule has 2 rings (SSSR count). The molecule has 1 aliphatic carbocycles. The van der Waals surface area contributed by atoms with Crippen LogP contribution >= 0.6 is 0 Å². The van der Waals surface area contributed by atoms with Crippen LogP contribution in [-0.4, -0.2) is 4.92 Å². The number of benzene rings is 1. The lowest BCUT2D eigenvalue weighted by molar-refractivity contribution is -0.385. The third kappa shape index (κ3) is 3.69. The van der Waals surface area contributed by atoms with Crippen molar-refractivity contribution in [3.8, 4) is 12.1 Å². The van der Waals surface area contributed by atoms with E-state index in [0.29, 0.717) is 0 Å². The fourth-order valence-electron chi connectivity index (χ4n) is 2.07. The predicted octanol–water partition coefficient (Wildman–Crippen LogP) is 4.00. The van der Waals surface area contributed by atoms with Crippen molar-refractivity contribution in [1.29, 1.82) is 10.5 Å². The maximum absolute atomic E-state index is 11.2. The van der Waals surface area contributed by atoms with Crippen LogP contribution in [0.4, 0.5) is 5.69 Å². The second kappa shape index (κ2) is 7.35. The van der Waals surface area contributed by atoms with E-state index in [1.165, 1.54) is 12.1 Å². The Morgan fingerprint density at radius 3 is 2.22 bits per heavy atom. The van der Waals surface area contributed by atoms with Crippen LogP contribution in [-0.2, 0) is 0 Å². The lowest BCUT2D eigenvalue weighted by Gasteiger charge is -2.05. The van der Waals surface area contributed by atoms with Crippen LogP contribution in [0, 0.1) is 32.8 Å². The van der Waals surface area contributed by atoms with Crippen molar-refractivity contribution < 1.29 is 4.92 Å². The van der Waals surface area contributed by atoms with Crippen LogP contribution in [0.1, 0.15) is 5.56 Å². The molecule has 1 aliphatic rings. The second-order valence-electron chi connectivity index (χ2n) is 4.53. The normalized spacial score (nSPS) is 12.0. The zero-order valence-corrected chi connectivity index (χ0v) is 12.0. The first kappa shape index (κ1) is 15.7. The summed E-state index contributed by atoms with van der Waals surface area (Å²) < 4.78 is 0. The van der Waals surface area contributed by atoms with Crippen LogP contribution in [0.25, 0.3) is 5.57 Å². The van der Waals surface area contributed by atoms with Crippen LogP contribution in [0.15, 0.2) is 77.9 Å². The highest BCUT2D eigenvalue weighted by Gasteiger charge is 2.18. The molecule has 1 aromatic carbocycles. The van der Waals surface area contributed by atoms with Crippen molar-refractivity contribution in [2.45, 2.75) is 0 Å². The Kier molecular flexibility index (Phi) is 5.01. The zero-order chi connectivity index (χ0) is 16.7. The molecule has 23 heavy (non-hydrogen) atoms. The number of nitriles is 2. The number of nitro groups is 1. The standard InChI is InChI=1S/C18H11N3O2/c19-12-15(13-20)17(11-14-7-3-1-2-4-8-14)16-9-5-6-10-18(16)21(22)23/h1-11H. The van der Waals surface area contributed by atoms with Gasteiger partial charge < -0.3 is 0 Å². The van der Waals surface area contributed by atoms with Crippen molar-refractivity contribution in [3.63, 3.8) is 0 Å². The van der Waals surface area contributed by atoms with Gasteiger partial charge in [-0.1, -0.05) is 48.6 Å². The van der Waals surface area contributed by atoms with Gasteiger partial charge in [-0.2, -0.15) is 10.5 Å². The number of hydrogen-bond acceptors (Lipinski definition) is 4. The highest BCUT2D eigenvalue weighted by atomic mass is 16.6. The van der Waals surface area contributed by atoms with E-state index in [9.17, 15) is 20.6 Å². The largest absolute Gasteiger partial charge is 0.277 e. The summed E-state index contributed by atoms with van der Waals surface area (Å²) in [7, 11) is 0. The Hall–Kier alpha value is -3.70. The average molecular weight is 301 g/mol. The smallest absolute Gasteiger partial charge is 0.258 e. The summed E-state index contributed by atoms with van der Waals surface area (Å²) in [5.74, 6) is 0. The molecule has 0 heterocycles. The third-order valence-corrected chi connectivity index (χ3v) is 3.11. The summed E-state index contributed by atoms with van der Waals surface area (Å²) in [4.78, 5) is 10.7. The van der Waals surface area contributed by atoms with E-state index in [2.05, 4.69) is 0 Å². The molecule has 0 aromatic heterocycles. The summed E-state index contributed by atoms with van der Waals surface area (Å²) in [5.41, 5.74) is 0.870. The van der Waals surface area contributed by atoms with Crippen LogP contribution in [0.5, 0.6) is 0 Å². The van der Waals surface area contributed by atoms with Crippen LogP contribution in [0.3, 0.4) is 0 Å². The van der Waals surface area contributed by atoms with E-state index >= 15 is 0 Å². The van der Waals surface area contributed by atoms with Gasteiger partial charge in [0, 0.05) is 11.6 Å². The molecular formula is C18H11N3O2. The highest BCUT2D eigenvalue weighted by Crippen LogP contribution is 2.30. The number of para-hydroxylation sites is 1. The summed E-state index contributed by atoms with van der Waals surface area (Å²) in [5, 5.41) is 29.6. The number of allylic oxidation sites excluding steroid dienone is 10. The van der Waals surface area contributed by atoms with Gasteiger partial charge in [0.2, 0.25) is 0 Å². The van der Waals surface area contributed by atoms with Crippen molar-refractivity contribution >= 4 is 11.3 Å². The first-order valence-electron chi connectivity index (χ1n) is 6.68. The highest BCUT2D eigenvalue weighted by molar-refractivity contribution is 5.87. The van der Waals surface area contributed by atoms with Crippen LogP contribution < -0.4 is 0 Å². The quantitative estimate of drug-likeness (QED) is 0.479. The molecule has 0 saturated carbocycles. The maximum Gasteiger partial charge on any atom is 0.277 e. The molecule has 0 fully saturated rings. The Morgan fingerprint density at radius 1 is 1.04 bits per heavy atom. The predicted molar refractivity (Wildman–Crippen MR) is 86.7 cm³/mol. The monoisotopic (exact) mass is 301 g/mol. The number of nitro benzene ring substituents is 1. The number of hydrogen-bond donors (Lipinski definition) is 0. The van der Waals surface area contributed by atoms with Gasteiger partial charge in [0.05, 0.1) is 10.5 Å².